The topological polar surface area (TPSA) is 52.3 Å². The van der Waals surface area contributed by atoms with Gasteiger partial charge in [0.05, 0.1) is 19.1 Å². The Morgan fingerprint density at radius 3 is 2.94 bits per heavy atom. The Bertz CT molecular complexity index is 439. The number of ether oxygens (including phenoxy) is 1. The van der Waals surface area contributed by atoms with E-state index in [4.69, 9.17) is 22.1 Å². The van der Waals surface area contributed by atoms with Crippen LogP contribution in [-0.2, 0) is 16.0 Å². The second-order valence-electron chi connectivity index (χ2n) is 4.19. The van der Waals surface area contributed by atoms with Gasteiger partial charge in [0.15, 0.2) is 0 Å². The smallest absolute Gasteiger partial charge is 0.144 e. The lowest BCUT2D eigenvalue weighted by atomic mass is 9.94. The summed E-state index contributed by atoms with van der Waals surface area (Å²) in [5.74, 6) is -0.861. The summed E-state index contributed by atoms with van der Waals surface area (Å²) in [5, 5.41) is 0.418. The molecule has 17 heavy (non-hydrogen) atoms. The first-order valence-electron chi connectivity index (χ1n) is 5.38. The summed E-state index contributed by atoms with van der Waals surface area (Å²) >= 11 is 5.76. The molecule has 2 N–H and O–H groups in total. The van der Waals surface area contributed by atoms with Gasteiger partial charge < -0.3 is 10.5 Å². The molecular weight excluding hydrogens is 245 g/mol. The molecular formula is C12H13ClFNO2. The molecule has 0 bridgehead atoms. The van der Waals surface area contributed by atoms with Gasteiger partial charge in [0, 0.05) is 17.5 Å². The molecule has 0 aliphatic carbocycles. The van der Waals surface area contributed by atoms with Crippen LogP contribution in [0.3, 0.4) is 0 Å². The molecule has 1 aliphatic rings. The molecule has 2 rings (SSSR count). The average Bonchev–Trinajstić information content (AvgIpc) is 2.70. The lowest BCUT2D eigenvalue weighted by molar-refractivity contribution is -0.122. The van der Waals surface area contributed by atoms with Crippen molar-refractivity contribution >= 4 is 17.4 Å². The molecule has 1 aromatic rings. The van der Waals surface area contributed by atoms with Crippen LogP contribution in [0.4, 0.5) is 4.39 Å². The zero-order chi connectivity index (χ0) is 12.4. The largest absolute Gasteiger partial charge is 0.379 e. The van der Waals surface area contributed by atoms with Gasteiger partial charge in [0.25, 0.3) is 0 Å². The zero-order valence-electron chi connectivity index (χ0n) is 9.16. The summed E-state index contributed by atoms with van der Waals surface area (Å²) in [4.78, 5) is 11.9. The normalized spacial score (nSPS) is 23.9. The number of rotatable bonds is 3. The standard InChI is InChI=1S/C12H13ClFNO2/c13-8-1-2-10(14)7(3-8)4-12(16)9-5-17-6-11(9)15/h1-3,9,11H,4-6,15H2. The van der Waals surface area contributed by atoms with E-state index in [0.717, 1.165) is 0 Å². The molecule has 1 aromatic carbocycles. The molecule has 1 saturated heterocycles. The van der Waals surface area contributed by atoms with Crippen molar-refractivity contribution in [2.45, 2.75) is 12.5 Å². The van der Waals surface area contributed by atoms with Gasteiger partial charge in [0.1, 0.15) is 11.6 Å². The van der Waals surface area contributed by atoms with Crippen molar-refractivity contribution in [3.05, 3.63) is 34.6 Å². The van der Waals surface area contributed by atoms with E-state index in [1.54, 1.807) is 0 Å². The van der Waals surface area contributed by atoms with Crippen LogP contribution in [0.5, 0.6) is 0 Å². The summed E-state index contributed by atoms with van der Waals surface area (Å²) in [6, 6.07) is 3.89. The van der Waals surface area contributed by atoms with Crippen LogP contribution in [0.1, 0.15) is 5.56 Å². The van der Waals surface area contributed by atoms with Crippen LogP contribution >= 0.6 is 11.6 Å². The monoisotopic (exact) mass is 257 g/mol. The van der Waals surface area contributed by atoms with Crippen molar-refractivity contribution < 1.29 is 13.9 Å². The number of halogens is 2. The fourth-order valence-electron chi connectivity index (χ4n) is 1.90. The maximum atomic E-state index is 13.4. The minimum Gasteiger partial charge on any atom is -0.379 e. The third-order valence-corrected chi connectivity index (χ3v) is 3.15. The number of ketones is 1. The fourth-order valence-corrected chi connectivity index (χ4v) is 2.09. The van der Waals surface area contributed by atoms with Crippen molar-refractivity contribution in [1.29, 1.82) is 0 Å². The highest BCUT2D eigenvalue weighted by molar-refractivity contribution is 6.30. The zero-order valence-corrected chi connectivity index (χ0v) is 9.91. The third kappa shape index (κ3) is 2.83. The van der Waals surface area contributed by atoms with Gasteiger partial charge in [-0.2, -0.15) is 0 Å². The Labute approximate surface area is 104 Å². The Balaban J connectivity index is 2.10. The van der Waals surface area contributed by atoms with Gasteiger partial charge in [-0.3, -0.25) is 4.79 Å². The van der Waals surface area contributed by atoms with Crippen molar-refractivity contribution in [3.63, 3.8) is 0 Å². The van der Waals surface area contributed by atoms with Crippen LogP contribution < -0.4 is 5.73 Å². The minimum absolute atomic E-state index is 0.00806. The molecule has 0 spiro atoms. The van der Waals surface area contributed by atoms with E-state index in [9.17, 15) is 9.18 Å². The van der Waals surface area contributed by atoms with Crippen molar-refractivity contribution in [3.8, 4) is 0 Å². The van der Waals surface area contributed by atoms with Gasteiger partial charge in [-0.25, -0.2) is 4.39 Å². The average molecular weight is 258 g/mol. The highest BCUT2D eigenvalue weighted by Gasteiger charge is 2.31. The van der Waals surface area contributed by atoms with E-state index in [-0.39, 0.29) is 24.2 Å². The van der Waals surface area contributed by atoms with E-state index in [1.807, 2.05) is 0 Å². The fraction of sp³-hybridized carbons (Fsp3) is 0.417. The molecule has 0 radical (unpaired) electrons. The van der Waals surface area contributed by atoms with Crippen LogP contribution in [0.15, 0.2) is 18.2 Å². The number of Topliss-reactive ketones (excluding diaryl/α,β-unsaturated/α-hetero) is 1. The van der Waals surface area contributed by atoms with E-state index < -0.39 is 5.82 Å². The molecule has 2 atom stereocenters. The number of nitrogens with two attached hydrogens (primary N) is 1. The number of hydrogen-bond donors (Lipinski definition) is 1. The molecule has 1 fully saturated rings. The first-order chi connectivity index (χ1) is 8.08. The molecule has 0 saturated carbocycles. The summed E-state index contributed by atoms with van der Waals surface area (Å²) in [6.45, 7) is 0.705. The molecule has 92 valence electrons. The Morgan fingerprint density at radius 1 is 1.53 bits per heavy atom. The van der Waals surface area contributed by atoms with Gasteiger partial charge in [-0.15, -0.1) is 0 Å². The first kappa shape index (κ1) is 12.5. The van der Waals surface area contributed by atoms with Crippen LogP contribution in [-0.4, -0.2) is 25.0 Å². The summed E-state index contributed by atoms with van der Waals surface area (Å²) in [5.41, 5.74) is 6.04. The summed E-state index contributed by atoms with van der Waals surface area (Å²) in [6.07, 6.45) is 0.00806. The Morgan fingerprint density at radius 2 is 2.29 bits per heavy atom. The number of carbonyl (C=O) groups is 1. The van der Waals surface area contributed by atoms with Crippen LogP contribution in [0, 0.1) is 11.7 Å². The molecule has 5 heteroatoms. The molecule has 0 aromatic heterocycles. The van der Waals surface area contributed by atoms with Gasteiger partial charge in [-0.05, 0) is 23.8 Å². The first-order valence-corrected chi connectivity index (χ1v) is 5.75. The van der Waals surface area contributed by atoms with Crippen molar-refractivity contribution in [2.24, 2.45) is 11.7 Å². The van der Waals surface area contributed by atoms with Gasteiger partial charge >= 0.3 is 0 Å². The second kappa shape index (κ2) is 5.12. The van der Waals surface area contributed by atoms with E-state index in [0.29, 0.717) is 23.8 Å². The SMILES string of the molecule is NC1COCC1C(=O)Cc1cc(Cl)ccc1F. The summed E-state index contributed by atoms with van der Waals surface area (Å²) < 4.78 is 18.6. The predicted octanol–water partition coefficient (Wildman–Crippen LogP) is 1.56. The molecule has 0 amide bonds. The van der Waals surface area contributed by atoms with Crippen molar-refractivity contribution in [1.82, 2.24) is 0 Å². The van der Waals surface area contributed by atoms with E-state index >= 15 is 0 Å². The minimum atomic E-state index is -0.421. The van der Waals surface area contributed by atoms with Crippen molar-refractivity contribution in [2.75, 3.05) is 13.2 Å². The van der Waals surface area contributed by atoms with E-state index in [1.165, 1.54) is 18.2 Å². The van der Waals surface area contributed by atoms with Crippen LogP contribution in [0.25, 0.3) is 0 Å². The molecule has 3 nitrogen and oxygen atoms in total. The third-order valence-electron chi connectivity index (χ3n) is 2.91. The highest BCUT2D eigenvalue weighted by Crippen LogP contribution is 2.19. The summed E-state index contributed by atoms with van der Waals surface area (Å²) in [7, 11) is 0. The molecule has 2 unspecified atom stereocenters. The quantitative estimate of drug-likeness (QED) is 0.894. The highest BCUT2D eigenvalue weighted by atomic mass is 35.5. The lowest BCUT2D eigenvalue weighted by Gasteiger charge is -2.12. The van der Waals surface area contributed by atoms with Crippen LogP contribution in [0.2, 0.25) is 5.02 Å². The molecule has 1 aliphatic heterocycles. The Hall–Kier alpha value is -0.970. The number of hydrogen-bond acceptors (Lipinski definition) is 3. The number of benzene rings is 1. The maximum absolute atomic E-state index is 13.4. The second-order valence-corrected chi connectivity index (χ2v) is 4.62. The predicted molar refractivity (Wildman–Crippen MR) is 62.4 cm³/mol. The molecule has 1 heterocycles. The van der Waals surface area contributed by atoms with Gasteiger partial charge in [0.2, 0.25) is 0 Å². The maximum Gasteiger partial charge on any atom is 0.144 e. The Kier molecular flexibility index (Phi) is 3.76. The number of carbonyl (C=O) groups excluding carboxylic acids is 1. The lowest BCUT2D eigenvalue weighted by Crippen LogP contribution is -2.35. The van der Waals surface area contributed by atoms with Gasteiger partial charge in [-0.1, -0.05) is 11.6 Å². The van der Waals surface area contributed by atoms with E-state index in [2.05, 4.69) is 0 Å².